The van der Waals surface area contributed by atoms with E-state index >= 15 is 0 Å². The highest BCUT2D eigenvalue weighted by Gasteiger charge is 1.96. The van der Waals surface area contributed by atoms with E-state index in [2.05, 4.69) is 6.58 Å². The molecule has 0 aliphatic rings. The summed E-state index contributed by atoms with van der Waals surface area (Å²) >= 11 is 0. The van der Waals surface area contributed by atoms with Crippen molar-refractivity contribution in [3.8, 4) is 0 Å². The molecule has 0 fully saturated rings. The Morgan fingerprint density at radius 2 is 2.00 bits per heavy atom. The van der Waals surface area contributed by atoms with Crippen molar-refractivity contribution in [3.63, 3.8) is 0 Å². The molecule has 0 spiro atoms. The van der Waals surface area contributed by atoms with E-state index in [1.54, 1.807) is 13.0 Å². The van der Waals surface area contributed by atoms with E-state index in [9.17, 15) is 8.42 Å². The van der Waals surface area contributed by atoms with Gasteiger partial charge in [0.05, 0.1) is 21.6 Å². The average molecular weight is 178 g/mol. The van der Waals surface area contributed by atoms with Crippen LogP contribution in [-0.2, 0) is 21.6 Å². The van der Waals surface area contributed by atoms with E-state index in [0.717, 1.165) is 0 Å². The van der Waals surface area contributed by atoms with E-state index in [0.29, 0.717) is 0 Å². The molecule has 0 rings (SSSR count). The summed E-state index contributed by atoms with van der Waals surface area (Å²) in [6, 6.07) is 0. The first-order chi connectivity index (χ1) is 4.70. The maximum atomic E-state index is 10.8. The van der Waals surface area contributed by atoms with Gasteiger partial charge in [0, 0.05) is 0 Å². The van der Waals surface area contributed by atoms with Gasteiger partial charge in [0.25, 0.3) is 0 Å². The first kappa shape index (κ1) is 9.78. The van der Waals surface area contributed by atoms with Crippen LogP contribution in [0.4, 0.5) is 0 Å². The van der Waals surface area contributed by atoms with Crippen molar-refractivity contribution in [1.29, 1.82) is 0 Å². The first-order valence-electron chi connectivity index (χ1n) is 2.70. The highest BCUT2D eigenvalue weighted by molar-refractivity contribution is 8.04. The molecular formula is C6H10O2S2. The van der Waals surface area contributed by atoms with Crippen LogP contribution in [0.15, 0.2) is 23.5 Å². The topological polar surface area (TPSA) is 34.1 Å². The Morgan fingerprint density at radius 1 is 1.40 bits per heavy atom. The fraction of sp³-hybridized carbons (Fsp3) is 0.333. The lowest BCUT2D eigenvalue weighted by atomic mass is 10.8. The SMILES string of the molecule is C=CS(=O)CS(=O)C=CC. The molecule has 0 aromatic rings. The van der Waals surface area contributed by atoms with Crippen LogP contribution >= 0.6 is 0 Å². The summed E-state index contributed by atoms with van der Waals surface area (Å²) in [5.74, 6) is 0. The van der Waals surface area contributed by atoms with E-state index in [4.69, 9.17) is 0 Å². The Kier molecular flexibility index (Phi) is 5.43. The standard InChI is InChI=1S/C6H10O2S2/c1-3-5-10(8)6-9(7)4-2/h3-5H,2,6H2,1H3. The van der Waals surface area contributed by atoms with Crippen LogP contribution in [0.1, 0.15) is 6.92 Å². The van der Waals surface area contributed by atoms with Crippen LogP contribution in [0.25, 0.3) is 0 Å². The summed E-state index contributed by atoms with van der Waals surface area (Å²) in [6.07, 6.45) is 1.68. The van der Waals surface area contributed by atoms with Gasteiger partial charge in [-0.25, -0.2) is 0 Å². The summed E-state index contributed by atoms with van der Waals surface area (Å²) in [4.78, 5) is 0. The van der Waals surface area contributed by atoms with Gasteiger partial charge >= 0.3 is 0 Å². The molecule has 0 amide bonds. The monoisotopic (exact) mass is 178 g/mol. The number of hydrogen-bond acceptors (Lipinski definition) is 2. The lowest BCUT2D eigenvalue weighted by Crippen LogP contribution is -1.97. The van der Waals surface area contributed by atoms with E-state index in [1.807, 2.05) is 0 Å². The molecule has 0 radical (unpaired) electrons. The zero-order valence-corrected chi connectivity index (χ0v) is 7.41. The van der Waals surface area contributed by atoms with E-state index < -0.39 is 21.6 Å². The minimum absolute atomic E-state index is 0.161. The van der Waals surface area contributed by atoms with Crippen molar-refractivity contribution in [2.24, 2.45) is 0 Å². The lowest BCUT2D eigenvalue weighted by Gasteiger charge is -1.89. The van der Waals surface area contributed by atoms with Gasteiger partial charge in [0.15, 0.2) is 0 Å². The highest BCUT2D eigenvalue weighted by Crippen LogP contribution is 1.90. The highest BCUT2D eigenvalue weighted by atomic mass is 32.2. The third-order valence-electron chi connectivity index (χ3n) is 0.706. The normalized spacial score (nSPS) is 16.9. The molecule has 10 heavy (non-hydrogen) atoms. The maximum Gasteiger partial charge on any atom is 0.107 e. The number of hydrogen-bond donors (Lipinski definition) is 0. The second kappa shape index (κ2) is 5.56. The van der Waals surface area contributed by atoms with Crippen LogP contribution in [0.3, 0.4) is 0 Å². The second-order valence-electron chi connectivity index (χ2n) is 1.52. The molecule has 2 atom stereocenters. The van der Waals surface area contributed by atoms with Gasteiger partial charge < -0.3 is 0 Å². The summed E-state index contributed by atoms with van der Waals surface area (Å²) < 4.78 is 21.5. The Labute approximate surface area is 65.9 Å². The van der Waals surface area contributed by atoms with Crippen LogP contribution in [0, 0.1) is 0 Å². The molecule has 0 aliphatic heterocycles. The van der Waals surface area contributed by atoms with Crippen LogP contribution < -0.4 is 0 Å². The molecule has 2 nitrogen and oxygen atoms in total. The Morgan fingerprint density at radius 3 is 2.40 bits per heavy atom. The van der Waals surface area contributed by atoms with Crippen LogP contribution in [-0.4, -0.2) is 13.5 Å². The molecule has 0 saturated heterocycles. The summed E-state index contributed by atoms with van der Waals surface area (Å²) in [7, 11) is -2.25. The fourth-order valence-electron chi connectivity index (χ4n) is 0.354. The van der Waals surface area contributed by atoms with E-state index in [1.165, 1.54) is 10.8 Å². The average Bonchev–Trinajstić information content (AvgIpc) is 1.88. The van der Waals surface area contributed by atoms with Gasteiger partial charge in [-0.3, -0.25) is 8.42 Å². The van der Waals surface area contributed by atoms with Crippen molar-refractivity contribution in [3.05, 3.63) is 23.5 Å². The Hall–Kier alpha value is -0.220. The molecule has 0 saturated carbocycles. The van der Waals surface area contributed by atoms with Gasteiger partial charge in [-0.1, -0.05) is 12.7 Å². The molecule has 0 bridgehead atoms. The van der Waals surface area contributed by atoms with Crippen LogP contribution in [0.5, 0.6) is 0 Å². The molecule has 0 aliphatic carbocycles. The van der Waals surface area contributed by atoms with Crippen molar-refractivity contribution in [2.75, 3.05) is 5.08 Å². The molecule has 0 aromatic heterocycles. The van der Waals surface area contributed by atoms with Crippen molar-refractivity contribution < 1.29 is 8.42 Å². The van der Waals surface area contributed by atoms with Gasteiger partial charge in [0.1, 0.15) is 5.08 Å². The summed E-state index contributed by atoms with van der Waals surface area (Å²) in [6.45, 7) is 5.09. The zero-order valence-electron chi connectivity index (χ0n) is 5.78. The third kappa shape index (κ3) is 4.64. The molecule has 0 N–H and O–H groups in total. The molecule has 2 unspecified atom stereocenters. The van der Waals surface area contributed by atoms with Gasteiger partial charge in [-0.05, 0) is 17.7 Å². The lowest BCUT2D eigenvalue weighted by molar-refractivity contribution is 0.685. The minimum Gasteiger partial charge on any atom is -0.254 e. The molecule has 4 heteroatoms. The molecule has 0 aromatic carbocycles. The zero-order chi connectivity index (χ0) is 7.98. The quantitative estimate of drug-likeness (QED) is 0.646. The second-order valence-corrected chi connectivity index (χ2v) is 4.59. The predicted octanol–water partition coefficient (Wildman–Crippen LogP) is 1.12. The van der Waals surface area contributed by atoms with Crippen molar-refractivity contribution in [1.82, 2.24) is 0 Å². The Bertz CT molecular complexity index is 184. The van der Waals surface area contributed by atoms with Crippen molar-refractivity contribution >= 4 is 21.6 Å². The molecule has 58 valence electrons. The summed E-state index contributed by atoms with van der Waals surface area (Å²) in [5.41, 5.74) is 0. The van der Waals surface area contributed by atoms with Gasteiger partial charge in [-0.2, -0.15) is 0 Å². The third-order valence-corrected chi connectivity index (χ3v) is 3.51. The molecular weight excluding hydrogens is 168 g/mol. The minimum atomic E-state index is -1.15. The predicted molar refractivity (Wildman–Crippen MR) is 46.2 cm³/mol. The first-order valence-corrected chi connectivity index (χ1v) is 5.47. The smallest absolute Gasteiger partial charge is 0.107 e. The Balaban J connectivity index is 3.79. The fourth-order valence-corrected chi connectivity index (χ4v) is 2.27. The number of allylic oxidation sites excluding steroid dienone is 1. The summed E-state index contributed by atoms with van der Waals surface area (Å²) in [5, 5.41) is 2.97. The number of rotatable bonds is 4. The molecule has 0 heterocycles. The van der Waals surface area contributed by atoms with E-state index in [-0.39, 0.29) is 5.08 Å². The van der Waals surface area contributed by atoms with Gasteiger partial charge in [0.2, 0.25) is 0 Å². The van der Waals surface area contributed by atoms with Crippen LogP contribution in [0.2, 0.25) is 0 Å². The van der Waals surface area contributed by atoms with Gasteiger partial charge in [-0.15, -0.1) is 0 Å². The largest absolute Gasteiger partial charge is 0.254 e. The van der Waals surface area contributed by atoms with Crippen molar-refractivity contribution in [2.45, 2.75) is 6.92 Å². The maximum absolute atomic E-state index is 10.8.